The molecule has 1 aliphatic rings. The molecule has 8 heteroatoms. The Kier molecular flexibility index (Phi) is 4.72. The van der Waals surface area contributed by atoms with Crippen LogP contribution in [0.15, 0.2) is 71.8 Å². The number of hydrogen-bond acceptors (Lipinski definition) is 2. The van der Waals surface area contributed by atoms with Crippen LogP contribution in [0, 0.1) is 0 Å². The molecule has 4 nitrogen and oxygen atoms in total. The summed E-state index contributed by atoms with van der Waals surface area (Å²) in [5, 5.41) is 0.728. The number of amides is 1. The summed E-state index contributed by atoms with van der Waals surface area (Å²) in [4.78, 5) is 26.2. The van der Waals surface area contributed by atoms with Crippen molar-refractivity contribution in [1.29, 1.82) is 0 Å². The van der Waals surface area contributed by atoms with Crippen LogP contribution in [0.25, 0.3) is 22.0 Å². The summed E-state index contributed by atoms with van der Waals surface area (Å²) >= 11 is 0. The zero-order valence-electron chi connectivity index (χ0n) is 15.6. The molecule has 0 aliphatic carbocycles. The molecule has 0 bridgehead atoms. The number of alkyl halides is 3. The summed E-state index contributed by atoms with van der Waals surface area (Å²) in [6.07, 6.45) is -4.47. The number of rotatable bonds is 3. The van der Waals surface area contributed by atoms with Gasteiger partial charge in [0.15, 0.2) is 5.83 Å². The SMILES string of the molecule is C=C(F)C(=O)N1CC(n2c(=O)c(-c3ccc(C(F)(F)F)cc3)cc3ccccc32)C1. The Hall–Kier alpha value is -3.42. The molecule has 1 fully saturated rings. The van der Waals surface area contributed by atoms with E-state index < -0.39 is 23.5 Å². The highest BCUT2D eigenvalue weighted by Crippen LogP contribution is 2.32. The number of pyridine rings is 1. The van der Waals surface area contributed by atoms with E-state index in [1.54, 1.807) is 30.3 Å². The maximum absolute atomic E-state index is 13.3. The van der Waals surface area contributed by atoms with Crippen LogP contribution in [0.4, 0.5) is 17.6 Å². The average Bonchev–Trinajstić information content (AvgIpc) is 2.67. The molecule has 4 rings (SSSR count). The van der Waals surface area contributed by atoms with Crippen LogP contribution >= 0.6 is 0 Å². The van der Waals surface area contributed by atoms with E-state index in [4.69, 9.17) is 0 Å². The third-order valence-electron chi connectivity index (χ3n) is 5.22. The van der Waals surface area contributed by atoms with Crippen LogP contribution in [0.3, 0.4) is 0 Å². The monoisotopic (exact) mass is 416 g/mol. The van der Waals surface area contributed by atoms with E-state index >= 15 is 0 Å². The molecule has 154 valence electrons. The van der Waals surface area contributed by atoms with Gasteiger partial charge in [-0.15, -0.1) is 0 Å². The van der Waals surface area contributed by atoms with Crippen molar-refractivity contribution in [2.45, 2.75) is 12.2 Å². The fraction of sp³-hybridized carbons (Fsp3) is 0.182. The summed E-state index contributed by atoms with van der Waals surface area (Å²) in [5.74, 6) is -1.88. The van der Waals surface area contributed by atoms with Crippen molar-refractivity contribution in [2.75, 3.05) is 13.1 Å². The highest BCUT2D eigenvalue weighted by atomic mass is 19.4. The number of carbonyl (C=O) groups is 1. The average molecular weight is 416 g/mol. The van der Waals surface area contributed by atoms with Crippen LogP contribution in [0.5, 0.6) is 0 Å². The molecule has 1 amide bonds. The van der Waals surface area contributed by atoms with Gasteiger partial charge in [-0.25, -0.2) is 4.39 Å². The van der Waals surface area contributed by atoms with Crippen molar-refractivity contribution >= 4 is 16.8 Å². The second-order valence-corrected chi connectivity index (χ2v) is 7.14. The quantitative estimate of drug-likeness (QED) is 0.464. The number of carbonyl (C=O) groups excluding carboxylic acids is 1. The summed E-state index contributed by atoms with van der Waals surface area (Å²) in [6, 6.07) is 12.8. The van der Waals surface area contributed by atoms with Gasteiger partial charge in [0, 0.05) is 18.7 Å². The first-order chi connectivity index (χ1) is 14.2. The van der Waals surface area contributed by atoms with Gasteiger partial charge < -0.3 is 9.47 Å². The van der Waals surface area contributed by atoms with Gasteiger partial charge >= 0.3 is 6.18 Å². The predicted octanol–water partition coefficient (Wildman–Crippen LogP) is 4.55. The Bertz CT molecular complexity index is 1210. The first kappa shape index (κ1) is 19.9. The lowest BCUT2D eigenvalue weighted by atomic mass is 10.0. The number of nitrogens with zero attached hydrogens (tertiary/aromatic N) is 2. The lowest BCUT2D eigenvalue weighted by Gasteiger charge is -2.40. The third-order valence-corrected chi connectivity index (χ3v) is 5.22. The van der Waals surface area contributed by atoms with Crippen LogP contribution in [0.2, 0.25) is 0 Å². The van der Waals surface area contributed by atoms with Crippen molar-refractivity contribution < 1.29 is 22.4 Å². The standard InChI is InChI=1S/C22H16F4N2O2/c1-13(23)20(29)27-11-17(12-27)28-19-5-3-2-4-15(19)10-18(21(28)30)14-6-8-16(9-7-14)22(24,25)26/h2-10,17H,1,11-12H2. The van der Waals surface area contributed by atoms with Crippen molar-refractivity contribution in [1.82, 2.24) is 9.47 Å². The molecule has 1 aromatic heterocycles. The molecule has 0 unspecified atom stereocenters. The highest BCUT2D eigenvalue weighted by Gasteiger charge is 2.35. The Balaban J connectivity index is 1.78. The van der Waals surface area contributed by atoms with Crippen LogP contribution in [-0.4, -0.2) is 28.5 Å². The molecule has 0 radical (unpaired) electrons. The van der Waals surface area contributed by atoms with Gasteiger partial charge in [-0.05, 0) is 35.2 Å². The smallest absolute Gasteiger partial charge is 0.332 e. The topological polar surface area (TPSA) is 42.3 Å². The lowest BCUT2D eigenvalue weighted by molar-refractivity contribution is -0.137. The van der Waals surface area contributed by atoms with Gasteiger partial charge in [0.25, 0.3) is 11.5 Å². The maximum atomic E-state index is 13.3. The predicted molar refractivity (Wildman–Crippen MR) is 105 cm³/mol. The van der Waals surface area contributed by atoms with Gasteiger partial charge in [-0.3, -0.25) is 9.59 Å². The maximum Gasteiger partial charge on any atom is 0.416 e. The van der Waals surface area contributed by atoms with Crippen molar-refractivity contribution in [3.8, 4) is 11.1 Å². The molecule has 0 N–H and O–H groups in total. The molecule has 0 atom stereocenters. The first-order valence-corrected chi connectivity index (χ1v) is 9.12. The Morgan fingerprint density at radius 1 is 1.03 bits per heavy atom. The Morgan fingerprint density at radius 2 is 1.67 bits per heavy atom. The lowest BCUT2D eigenvalue weighted by Crippen LogP contribution is -2.53. The summed E-state index contributed by atoms with van der Waals surface area (Å²) < 4.78 is 53.2. The largest absolute Gasteiger partial charge is 0.416 e. The molecule has 2 heterocycles. The number of fused-ring (bicyclic) bond motifs is 1. The van der Waals surface area contributed by atoms with Gasteiger partial charge in [0.2, 0.25) is 0 Å². The Labute approximate surface area is 168 Å². The van der Waals surface area contributed by atoms with E-state index in [1.165, 1.54) is 21.6 Å². The molecule has 0 saturated carbocycles. The number of hydrogen-bond donors (Lipinski definition) is 0. The fourth-order valence-electron chi connectivity index (χ4n) is 3.65. The number of likely N-dealkylation sites (tertiary alicyclic amines) is 1. The van der Waals surface area contributed by atoms with E-state index in [0.717, 1.165) is 17.5 Å². The van der Waals surface area contributed by atoms with Gasteiger partial charge in [-0.1, -0.05) is 36.9 Å². The molecular weight excluding hydrogens is 400 g/mol. The fourth-order valence-corrected chi connectivity index (χ4v) is 3.65. The Morgan fingerprint density at radius 3 is 2.27 bits per heavy atom. The summed E-state index contributed by atoms with van der Waals surface area (Å²) in [6.45, 7) is 3.28. The van der Waals surface area contributed by atoms with Crippen molar-refractivity contribution in [2.24, 2.45) is 0 Å². The molecule has 0 spiro atoms. The van der Waals surface area contributed by atoms with E-state index in [2.05, 4.69) is 6.58 Å². The number of halogens is 4. The van der Waals surface area contributed by atoms with Gasteiger partial charge in [0.05, 0.1) is 17.1 Å². The van der Waals surface area contributed by atoms with E-state index in [1.807, 2.05) is 0 Å². The van der Waals surface area contributed by atoms with Crippen molar-refractivity contribution in [3.63, 3.8) is 0 Å². The minimum Gasteiger partial charge on any atom is -0.332 e. The molecule has 2 aromatic carbocycles. The molecular formula is C22H16F4N2O2. The minimum absolute atomic E-state index is 0.141. The van der Waals surface area contributed by atoms with E-state index in [-0.39, 0.29) is 30.3 Å². The van der Waals surface area contributed by atoms with Gasteiger partial charge in [0.1, 0.15) is 0 Å². The highest BCUT2D eigenvalue weighted by molar-refractivity contribution is 5.91. The second-order valence-electron chi connectivity index (χ2n) is 7.14. The molecule has 1 saturated heterocycles. The van der Waals surface area contributed by atoms with Gasteiger partial charge in [-0.2, -0.15) is 13.2 Å². The van der Waals surface area contributed by atoms with Crippen LogP contribution in [-0.2, 0) is 11.0 Å². The number of para-hydroxylation sites is 1. The zero-order chi connectivity index (χ0) is 21.6. The third kappa shape index (κ3) is 3.38. The van der Waals surface area contributed by atoms with E-state index in [9.17, 15) is 27.2 Å². The second kappa shape index (κ2) is 7.12. The van der Waals surface area contributed by atoms with E-state index in [0.29, 0.717) is 11.1 Å². The number of aromatic nitrogens is 1. The first-order valence-electron chi connectivity index (χ1n) is 9.12. The zero-order valence-corrected chi connectivity index (χ0v) is 15.6. The summed E-state index contributed by atoms with van der Waals surface area (Å²) in [5.41, 5.74) is 0.0601. The molecule has 1 aliphatic heterocycles. The number of benzene rings is 2. The van der Waals surface area contributed by atoms with Crippen LogP contribution < -0.4 is 5.56 Å². The summed E-state index contributed by atoms with van der Waals surface area (Å²) in [7, 11) is 0. The molecule has 3 aromatic rings. The van der Waals surface area contributed by atoms with Crippen LogP contribution in [0.1, 0.15) is 11.6 Å². The minimum atomic E-state index is -4.47. The normalized spacial score (nSPS) is 14.6. The molecule has 30 heavy (non-hydrogen) atoms. The van der Waals surface area contributed by atoms with Crippen molar-refractivity contribution in [3.05, 3.63) is 82.9 Å².